The second-order valence-electron chi connectivity index (χ2n) is 15.1. The highest BCUT2D eigenvalue weighted by molar-refractivity contribution is 7.85. The second-order valence-corrected chi connectivity index (χ2v) is 16.5. The van der Waals surface area contributed by atoms with E-state index in [2.05, 4.69) is 212 Å². The number of aromatic nitrogens is 4. The Bertz CT molecular complexity index is 3450. The van der Waals surface area contributed by atoms with Crippen molar-refractivity contribution in [2.45, 2.75) is 9.79 Å². The molecular weight excluding hydrogens is 729 g/mol. The zero-order chi connectivity index (χ0) is 38.1. The lowest BCUT2D eigenvalue weighted by atomic mass is 10.0. The molecular formula is C52H32N4OS. The molecule has 0 radical (unpaired) electrons. The fraction of sp³-hybridized carbons (Fsp3) is 0. The molecule has 272 valence electrons. The van der Waals surface area contributed by atoms with Gasteiger partial charge in [0.05, 0.1) is 42.7 Å². The van der Waals surface area contributed by atoms with E-state index in [1.165, 1.54) is 32.3 Å². The van der Waals surface area contributed by atoms with Crippen LogP contribution in [0.2, 0.25) is 0 Å². The zero-order valence-corrected chi connectivity index (χ0v) is 31.9. The molecule has 0 saturated heterocycles. The molecule has 12 aromatic rings. The monoisotopic (exact) mass is 760 g/mol. The predicted molar refractivity (Wildman–Crippen MR) is 239 cm³/mol. The Morgan fingerprint density at radius 2 is 0.621 bits per heavy atom. The van der Waals surface area contributed by atoms with E-state index >= 15 is 0 Å². The summed E-state index contributed by atoms with van der Waals surface area (Å²) in [5.41, 5.74) is 13.1. The molecule has 0 amide bonds. The van der Waals surface area contributed by atoms with Crippen LogP contribution >= 0.6 is 0 Å². The van der Waals surface area contributed by atoms with Gasteiger partial charge in [0, 0.05) is 66.2 Å². The van der Waals surface area contributed by atoms with Crippen molar-refractivity contribution >= 4 is 76.5 Å². The minimum atomic E-state index is -1.31. The third-order valence-electron chi connectivity index (χ3n) is 12.1. The van der Waals surface area contributed by atoms with Crippen LogP contribution in [0.5, 0.6) is 0 Å². The molecule has 1 aliphatic rings. The number of nitrogens with zero attached hydrogens (tertiary/aromatic N) is 4. The maximum Gasteiger partial charge on any atom is 0.131 e. The van der Waals surface area contributed by atoms with E-state index in [4.69, 9.17) is 0 Å². The average molecular weight is 761 g/mol. The van der Waals surface area contributed by atoms with E-state index in [9.17, 15) is 4.21 Å². The van der Waals surface area contributed by atoms with Gasteiger partial charge in [-0.2, -0.15) is 0 Å². The smallest absolute Gasteiger partial charge is 0.131 e. The number of hydrogen-bond donors (Lipinski definition) is 0. The van der Waals surface area contributed by atoms with E-state index in [0.29, 0.717) is 0 Å². The summed E-state index contributed by atoms with van der Waals surface area (Å²) in [6.07, 6.45) is 0. The van der Waals surface area contributed by atoms with Gasteiger partial charge in [0.2, 0.25) is 0 Å². The number of hydrogen-bond acceptors (Lipinski definition) is 1. The first kappa shape index (κ1) is 31.8. The van der Waals surface area contributed by atoms with E-state index in [0.717, 1.165) is 77.0 Å². The number of rotatable bonds is 4. The van der Waals surface area contributed by atoms with Crippen LogP contribution in [0.25, 0.3) is 99.6 Å². The van der Waals surface area contributed by atoms with Gasteiger partial charge >= 0.3 is 0 Å². The van der Waals surface area contributed by atoms with E-state index in [1.807, 2.05) is 0 Å². The molecule has 0 fully saturated rings. The summed E-state index contributed by atoms with van der Waals surface area (Å²) in [5.74, 6) is 0. The van der Waals surface area contributed by atoms with Gasteiger partial charge in [0.15, 0.2) is 0 Å². The molecule has 0 spiro atoms. The first-order chi connectivity index (χ1) is 28.7. The maximum atomic E-state index is 14.3. The molecule has 6 heteroatoms. The molecule has 0 saturated carbocycles. The summed E-state index contributed by atoms with van der Waals surface area (Å²) >= 11 is 0. The largest absolute Gasteiger partial charge is 0.295 e. The van der Waals surface area contributed by atoms with Crippen molar-refractivity contribution in [1.29, 1.82) is 0 Å². The Kier molecular flexibility index (Phi) is 6.46. The second kappa shape index (κ2) is 11.8. The topological polar surface area (TPSA) is 36.8 Å². The van der Waals surface area contributed by atoms with Gasteiger partial charge in [0.1, 0.15) is 11.3 Å². The lowest BCUT2D eigenvalue weighted by molar-refractivity contribution is 0.685. The molecule has 5 heterocycles. The highest BCUT2D eigenvalue weighted by Gasteiger charge is 2.30. The van der Waals surface area contributed by atoms with Crippen LogP contribution in [0.4, 0.5) is 0 Å². The van der Waals surface area contributed by atoms with Gasteiger partial charge in [-0.25, -0.2) is 4.21 Å². The quantitative estimate of drug-likeness (QED) is 0.176. The summed E-state index contributed by atoms with van der Waals surface area (Å²) in [6.45, 7) is 0. The first-order valence-corrected chi connectivity index (χ1v) is 20.8. The molecule has 4 aromatic heterocycles. The number of fused-ring (bicyclic) bond motifs is 13. The van der Waals surface area contributed by atoms with Gasteiger partial charge in [-0.1, -0.05) is 109 Å². The minimum Gasteiger partial charge on any atom is -0.295 e. The lowest BCUT2D eigenvalue weighted by Crippen LogP contribution is -2.02. The van der Waals surface area contributed by atoms with Crippen molar-refractivity contribution in [2.24, 2.45) is 0 Å². The third-order valence-corrected chi connectivity index (χ3v) is 13.6. The molecule has 58 heavy (non-hydrogen) atoms. The molecule has 0 unspecified atom stereocenters. The van der Waals surface area contributed by atoms with Crippen LogP contribution in [0.1, 0.15) is 0 Å². The van der Waals surface area contributed by atoms with Gasteiger partial charge < -0.3 is 0 Å². The van der Waals surface area contributed by atoms with Crippen molar-refractivity contribution in [3.05, 3.63) is 194 Å². The average Bonchev–Trinajstić information content (AvgIpc) is 4.06. The molecule has 1 aliphatic heterocycles. The van der Waals surface area contributed by atoms with Crippen molar-refractivity contribution < 1.29 is 4.21 Å². The fourth-order valence-corrected chi connectivity index (χ4v) is 11.1. The van der Waals surface area contributed by atoms with Crippen LogP contribution in [-0.4, -0.2) is 22.5 Å². The van der Waals surface area contributed by atoms with Crippen LogP contribution in [-0.2, 0) is 10.8 Å². The predicted octanol–water partition coefficient (Wildman–Crippen LogP) is 12.9. The van der Waals surface area contributed by atoms with Crippen LogP contribution in [0.3, 0.4) is 0 Å². The minimum absolute atomic E-state index is 0.841. The lowest BCUT2D eigenvalue weighted by Gasteiger charge is -2.15. The van der Waals surface area contributed by atoms with Gasteiger partial charge in [0.25, 0.3) is 0 Å². The highest BCUT2D eigenvalue weighted by atomic mass is 32.2. The Balaban J connectivity index is 1.08. The number of para-hydroxylation sites is 6. The van der Waals surface area contributed by atoms with Gasteiger partial charge in [-0.3, -0.25) is 18.3 Å². The zero-order valence-electron chi connectivity index (χ0n) is 31.1. The van der Waals surface area contributed by atoms with Gasteiger partial charge in [-0.05, 0) is 84.9 Å². The first-order valence-electron chi connectivity index (χ1n) is 19.6. The maximum absolute atomic E-state index is 14.3. The molecule has 13 rings (SSSR count). The normalized spacial score (nSPS) is 12.8. The van der Waals surface area contributed by atoms with Crippen molar-refractivity contribution in [3.63, 3.8) is 0 Å². The Morgan fingerprint density at radius 1 is 0.310 bits per heavy atom. The standard InChI is InChI=1S/C52H32N4OS/c57-58-47-29-27-35(55-45-25-13-9-21-39(45)49-37-19-7-11-23-43(37)53(51(49)55)33-15-3-1-4-16-33)31-41(47)42-32-36(28-30-48(42)58)56-46-26-14-10-22-40(46)50-38-20-8-12-24-44(38)54(52(50)56)34-17-5-2-6-18-34/h1-32H. The molecule has 0 N–H and O–H groups in total. The summed E-state index contributed by atoms with van der Waals surface area (Å²) in [6, 6.07) is 69.0. The van der Waals surface area contributed by atoms with E-state index in [1.54, 1.807) is 0 Å². The third kappa shape index (κ3) is 4.16. The Labute approximate surface area is 335 Å². The molecule has 0 atom stereocenters. The van der Waals surface area contributed by atoms with Crippen LogP contribution in [0.15, 0.2) is 204 Å². The SMILES string of the molecule is O=S1c2ccc(-n3c4ccccc4c4c5ccccc5n(-c5ccccc5)c43)cc2-c2cc(-n3c4ccccc4c4c5ccccc5n(-c5ccccc5)c43)ccc21. The van der Waals surface area contributed by atoms with Crippen molar-refractivity contribution in [2.75, 3.05) is 0 Å². The fourth-order valence-electron chi connectivity index (χ4n) is 9.77. The highest BCUT2D eigenvalue weighted by Crippen LogP contribution is 2.47. The Morgan fingerprint density at radius 3 is 0.983 bits per heavy atom. The summed E-state index contributed by atoms with van der Waals surface area (Å²) in [5, 5.41) is 7.27. The van der Waals surface area contributed by atoms with E-state index < -0.39 is 10.8 Å². The molecule has 0 aliphatic carbocycles. The molecule has 0 bridgehead atoms. The van der Waals surface area contributed by atoms with Crippen LogP contribution in [0, 0.1) is 0 Å². The number of benzene rings is 8. The van der Waals surface area contributed by atoms with Crippen molar-refractivity contribution in [3.8, 4) is 33.9 Å². The van der Waals surface area contributed by atoms with E-state index in [-0.39, 0.29) is 0 Å². The molecule has 8 aromatic carbocycles. The summed E-state index contributed by atoms with van der Waals surface area (Å²) < 4.78 is 23.9. The summed E-state index contributed by atoms with van der Waals surface area (Å²) in [7, 11) is -1.31. The molecule has 5 nitrogen and oxygen atoms in total. The van der Waals surface area contributed by atoms with Crippen molar-refractivity contribution in [1.82, 2.24) is 18.3 Å². The van der Waals surface area contributed by atoms with Gasteiger partial charge in [-0.15, -0.1) is 0 Å². The van der Waals surface area contributed by atoms with Crippen LogP contribution < -0.4 is 0 Å². The Hall–Kier alpha value is -7.41. The summed E-state index contributed by atoms with van der Waals surface area (Å²) in [4.78, 5) is 1.68.